The molecule has 0 saturated carbocycles. The fraction of sp³-hybridized carbons (Fsp3) is 0.176. The van der Waals surface area contributed by atoms with E-state index in [-0.39, 0.29) is 11.8 Å². The van der Waals surface area contributed by atoms with Crippen molar-refractivity contribution < 1.29 is 9.15 Å². The van der Waals surface area contributed by atoms with Crippen molar-refractivity contribution in [2.45, 2.75) is 18.7 Å². The van der Waals surface area contributed by atoms with Gasteiger partial charge in [-0.2, -0.15) is 0 Å². The van der Waals surface area contributed by atoms with Gasteiger partial charge >= 0.3 is 5.63 Å². The normalized spacial score (nSPS) is 15.8. The van der Waals surface area contributed by atoms with Crippen molar-refractivity contribution in [3.63, 3.8) is 0 Å². The smallest absolute Gasteiger partial charge is 0.343 e. The molecule has 0 radical (unpaired) electrons. The number of hydrogen-bond donors (Lipinski definition) is 0. The number of para-hydroxylation sites is 1. The van der Waals surface area contributed by atoms with Crippen molar-refractivity contribution in [1.29, 1.82) is 0 Å². The highest BCUT2D eigenvalue weighted by atomic mass is 35.5. The lowest BCUT2D eigenvalue weighted by molar-refractivity contribution is 0.419. The van der Waals surface area contributed by atoms with Gasteiger partial charge in [0.1, 0.15) is 11.9 Å². The maximum Gasteiger partial charge on any atom is 0.343 e. The summed E-state index contributed by atoms with van der Waals surface area (Å²) in [5, 5.41) is 4.99. The first-order valence-electron chi connectivity index (χ1n) is 7.71. The Kier molecular flexibility index (Phi) is 2.90. The van der Waals surface area contributed by atoms with E-state index in [1.54, 1.807) is 10.6 Å². The number of rotatable bonds is 1. The lowest BCUT2D eigenvalue weighted by Gasteiger charge is -2.24. The Hall–Kier alpha value is -2.93. The first-order chi connectivity index (χ1) is 12.2. The van der Waals surface area contributed by atoms with Crippen LogP contribution in [0.3, 0.4) is 0 Å². The number of nitrogens with zero attached hydrogens (tertiary/aromatic N) is 4. The first-order valence-corrected chi connectivity index (χ1v) is 8.24. The van der Waals surface area contributed by atoms with Crippen molar-refractivity contribution in [2.24, 2.45) is 0 Å². The fourth-order valence-electron chi connectivity index (χ4n) is 3.28. The molecular weight excluding hydrogens is 344 g/mol. The molecular formula is C17H11ClN4O3. The Morgan fingerprint density at radius 2 is 2.12 bits per heavy atom. The van der Waals surface area contributed by atoms with Crippen LogP contribution in [0.1, 0.15) is 29.8 Å². The molecule has 1 aliphatic heterocycles. The van der Waals surface area contributed by atoms with Crippen LogP contribution >= 0.6 is 11.6 Å². The Labute approximate surface area is 145 Å². The van der Waals surface area contributed by atoms with E-state index in [0.717, 1.165) is 5.39 Å². The molecule has 124 valence electrons. The Balaban J connectivity index is 1.84. The van der Waals surface area contributed by atoms with Gasteiger partial charge in [0, 0.05) is 5.92 Å². The SMILES string of the molecule is CC1c2c(c3ccccc3oc2=O)Oc2ncn3nc(CCl)nc3c21. The molecule has 25 heavy (non-hydrogen) atoms. The molecule has 1 aliphatic rings. The van der Waals surface area contributed by atoms with Crippen LogP contribution in [0, 0.1) is 0 Å². The van der Waals surface area contributed by atoms with E-state index in [4.69, 9.17) is 20.8 Å². The number of alkyl halides is 1. The highest BCUT2D eigenvalue weighted by Gasteiger charge is 2.33. The molecule has 7 nitrogen and oxygen atoms in total. The molecule has 0 N–H and O–H groups in total. The largest absolute Gasteiger partial charge is 0.437 e. The summed E-state index contributed by atoms with van der Waals surface area (Å²) < 4.78 is 13.0. The van der Waals surface area contributed by atoms with E-state index in [0.29, 0.717) is 39.8 Å². The molecule has 0 saturated heterocycles. The molecule has 4 aromatic rings. The van der Waals surface area contributed by atoms with Gasteiger partial charge in [-0.05, 0) is 12.1 Å². The van der Waals surface area contributed by atoms with E-state index in [9.17, 15) is 4.79 Å². The highest BCUT2D eigenvalue weighted by Crippen LogP contribution is 2.45. The van der Waals surface area contributed by atoms with Gasteiger partial charge in [-0.25, -0.2) is 19.3 Å². The Bertz CT molecular complexity index is 1210. The summed E-state index contributed by atoms with van der Waals surface area (Å²) in [6.45, 7) is 1.91. The molecule has 3 aromatic heterocycles. The van der Waals surface area contributed by atoms with E-state index in [2.05, 4.69) is 15.1 Å². The molecule has 0 spiro atoms. The van der Waals surface area contributed by atoms with Gasteiger partial charge in [-0.3, -0.25) is 0 Å². The highest BCUT2D eigenvalue weighted by molar-refractivity contribution is 6.16. The zero-order valence-corrected chi connectivity index (χ0v) is 13.8. The predicted molar refractivity (Wildman–Crippen MR) is 90.4 cm³/mol. The lowest BCUT2D eigenvalue weighted by Crippen LogP contribution is -2.19. The summed E-state index contributed by atoms with van der Waals surface area (Å²) >= 11 is 5.83. The number of halogens is 1. The van der Waals surface area contributed by atoms with E-state index in [1.165, 1.54) is 6.33 Å². The summed E-state index contributed by atoms with van der Waals surface area (Å²) in [6.07, 6.45) is 1.53. The maximum absolute atomic E-state index is 12.6. The summed E-state index contributed by atoms with van der Waals surface area (Å²) in [4.78, 5) is 21.3. The minimum absolute atomic E-state index is 0.190. The molecule has 1 atom stereocenters. The van der Waals surface area contributed by atoms with Crippen LogP contribution in [0.4, 0.5) is 0 Å². The van der Waals surface area contributed by atoms with Gasteiger partial charge in [-0.15, -0.1) is 16.7 Å². The molecule has 4 heterocycles. The molecule has 0 amide bonds. The lowest BCUT2D eigenvalue weighted by atomic mass is 9.92. The van der Waals surface area contributed by atoms with Gasteiger partial charge in [0.15, 0.2) is 17.2 Å². The maximum atomic E-state index is 12.6. The van der Waals surface area contributed by atoms with Gasteiger partial charge in [-0.1, -0.05) is 19.1 Å². The minimum Gasteiger partial charge on any atom is -0.437 e. The average molecular weight is 355 g/mol. The van der Waals surface area contributed by atoms with Gasteiger partial charge < -0.3 is 9.15 Å². The Morgan fingerprint density at radius 1 is 1.28 bits per heavy atom. The van der Waals surface area contributed by atoms with Crippen molar-refractivity contribution >= 4 is 28.2 Å². The second-order valence-corrected chi connectivity index (χ2v) is 6.11. The van der Waals surface area contributed by atoms with Crippen LogP contribution < -0.4 is 10.4 Å². The van der Waals surface area contributed by atoms with Crippen LogP contribution in [0.5, 0.6) is 11.6 Å². The number of hydrogen-bond acceptors (Lipinski definition) is 6. The number of benzene rings is 1. The van der Waals surface area contributed by atoms with Crippen molar-refractivity contribution in [3.05, 3.63) is 58.0 Å². The molecule has 1 aromatic carbocycles. The summed E-state index contributed by atoms with van der Waals surface area (Å²) in [6, 6.07) is 7.27. The summed E-state index contributed by atoms with van der Waals surface area (Å²) in [7, 11) is 0. The molecule has 0 bridgehead atoms. The van der Waals surface area contributed by atoms with Crippen molar-refractivity contribution in [2.75, 3.05) is 0 Å². The first kappa shape index (κ1) is 14.4. The summed E-state index contributed by atoms with van der Waals surface area (Å²) in [5.74, 6) is 1.27. The van der Waals surface area contributed by atoms with Crippen molar-refractivity contribution in [3.8, 4) is 11.6 Å². The van der Waals surface area contributed by atoms with Gasteiger partial charge in [0.2, 0.25) is 5.88 Å². The quantitative estimate of drug-likeness (QED) is 0.385. The van der Waals surface area contributed by atoms with Crippen LogP contribution in [-0.4, -0.2) is 19.6 Å². The molecule has 0 aliphatic carbocycles. The van der Waals surface area contributed by atoms with Crippen molar-refractivity contribution in [1.82, 2.24) is 19.6 Å². The number of aromatic nitrogens is 4. The zero-order valence-electron chi connectivity index (χ0n) is 13.1. The molecule has 5 rings (SSSR count). The Morgan fingerprint density at radius 3 is 2.96 bits per heavy atom. The van der Waals surface area contributed by atoms with Crippen LogP contribution in [0.25, 0.3) is 16.6 Å². The average Bonchev–Trinajstić information content (AvgIpc) is 3.04. The number of fused-ring (bicyclic) bond motifs is 6. The van der Waals surface area contributed by atoms with E-state index < -0.39 is 5.63 Å². The standard InChI is InChI=1S/C17H11ClN4O3/c1-8-12-14(9-4-2-3-5-10(9)24-17(12)23)25-16-13(8)15-20-11(6-18)21-22(15)7-19-16/h2-5,7-8H,6H2,1H3. The number of ether oxygens (including phenoxy) is 1. The fourth-order valence-corrected chi connectivity index (χ4v) is 3.39. The van der Waals surface area contributed by atoms with Crippen LogP contribution in [0.2, 0.25) is 0 Å². The minimum atomic E-state index is -0.425. The molecule has 0 fully saturated rings. The third kappa shape index (κ3) is 1.93. The summed E-state index contributed by atoms with van der Waals surface area (Å²) in [5.41, 5.74) is 1.78. The molecule has 8 heteroatoms. The van der Waals surface area contributed by atoms with Crippen LogP contribution in [-0.2, 0) is 5.88 Å². The second kappa shape index (κ2) is 5.03. The van der Waals surface area contributed by atoms with Crippen LogP contribution in [0.15, 0.2) is 39.8 Å². The third-order valence-corrected chi connectivity index (χ3v) is 4.65. The molecule has 1 unspecified atom stereocenters. The van der Waals surface area contributed by atoms with Gasteiger partial charge in [0.05, 0.1) is 22.4 Å². The monoisotopic (exact) mass is 354 g/mol. The third-order valence-electron chi connectivity index (χ3n) is 4.41. The topological polar surface area (TPSA) is 82.5 Å². The van der Waals surface area contributed by atoms with E-state index >= 15 is 0 Å². The van der Waals surface area contributed by atoms with Gasteiger partial charge in [0.25, 0.3) is 0 Å². The second-order valence-electron chi connectivity index (χ2n) is 5.85. The zero-order chi connectivity index (χ0) is 17.1. The van der Waals surface area contributed by atoms with E-state index in [1.807, 2.05) is 25.1 Å². The predicted octanol–water partition coefficient (Wildman–Crippen LogP) is 3.23.